The summed E-state index contributed by atoms with van der Waals surface area (Å²) in [4.78, 5) is 27.2. The topological polar surface area (TPSA) is 159 Å². The molecule has 0 aromatic heterocycles. The Balaban J connectivity index is 1.52. The predicted molar refractivity (Wildman–Crippen MR) is 216 cm³/mol. The van der Waals surface area contributed by atoms with Crippen LogP contribution in [-0.4, -0.2) is 88.6 Å². The van der Waals surface area contributed by atoms with Crippen LogP contribution in [0.1, 0.15) is 45.7 Å². The number of rotatable bonds is 15. The molecule has 0 aliphatic carbocycles. The van der Waals surface area contributed by atoms with Crippen molar-refractivity contribution in [1.82, 2.24) is 10.4 Å². The van der Waals surface area contributed by atoms with Crippen molar-refractivity contribution in [2.75, 3.05) is 19.5 Å². The van der Waals surface area contributed by atoms with Gasteiger partial charge in [-0.1, -0.05) is 142 Å². The highest BCUT2D eigenvalue weighted by molar-refractivity contribution is 7.86. The second-order valence-electron chi connectivity index (χ2n) is 15.2. The van der Waals surface area contributed by atoms with E-state index in [1.807, 2.05) is 72.8 Å². The number of hydrazine groups is 1. The van der Waals surface area contributed by atoms with E-state index in [9.17, 15) is 23.1 Å². The Bertz CT molecular complexity index is 1960. The van der Waals surface area contributed by atoms with Crippen LogP contribution in [0.25, 0.3) is 0 Å². The van der Waals surface area contributed by atoms with Crippen molar-refractivity contribution >= 4 is 41.0 Å². The van der Waals surface area contributed by atoms with Crippen molar-refractivity contribution in [2.45, 2.75) is 83.0 Å². The van der Waals surface area contributed by atoms with Crippen LogP contribution in [0.3, 0.4) is 0 Å². The quantitative estimate of drug-likeness (QED) is 0.0915. The standard InChI is InChI=1S/C42H52N2O11SSi/c1-41(2,3)57(33-23-15-9-16-24-33,34-25-17-10-18-26-34)52-30-36(55-56(6,48)49)38-37(53-42(4,5)54-38)35(27-45)44(40(47)51-29-32-21-13-8-14-22-32)43-39(46)50-28-31-19-11-7-12-20-31/h7-26,35-38,45H,27-30H2,1-6H3,(H,43,46)/t35-,36+,37+,38-/m1/s1. The van der Waals surface area contributed by atoms with Gasteiger partial charge in [-0.15, -0.1) is 0 Å². The lowest BCUT2D eigenvalue weighted by molar-refractivity contribution is -0.159. The third kappa shape index (κ3) is 11.3. The Morgan fingerprint density at radius 2 is 1.25 bits per heavy atom. The van der Waals surface area contributed by atoms with Crippen LogP contribution in [0, 0.1) is 0 Å². The molecule has 1 heterocycles. The molecule has 57 heavy (non-hydrogen) atoms. The molecule has 4 aromatic carbocycles. The molecule has 0 radical (unpaired) electrons. The van der Waals surface area contributed by atoms with Crippen molar-refractivity contribution < 1.29 is 50.7 Å². The van der Waals surface area contributed by atoms with Gasteiger partial charge in [0.25, 0.3) is 18.4 Å². The van der Waals surface area contributed by atoms with Crippen LogP contribution in [0.15, 0.2) is 121 Å². The molecule has 306 valence electrons. The number of aliphatic hydroxyl groups excluding tert-OH is 1. The molecule has 1 aliphatic rings. The van der Waals surface area contributed by atoms with Gasteiger partial charge in [-0.2, -0.15) is 8.42 Å². The van der Waals surface area contributed by atoms with Gasteiger partial charge in [0.15, 0.2) is 5.79 Å². The molecular formula is C42H52N2O11SSi. The van der Waals surface area contributed by atoms with E-state index in [1.165, 1.54) is 0 Å². The Morgan fingerprint density at radius 1 is 0.789 bits per heavy atom. The molecule has 1 saturated heterocycles. The van der Waals surface area contributed by atoms with Gasteiger partial charge < -0.3 is 28.5 Å². The summed E-state index contributed by atoms with van der Waals surface area (Å²) < 4.78 is 62.6. The molecule has 15 heteroatoms. The zero-order chi connectivity index (χ0) is 41.3. The SMILES string of the molecule is CC1(C)O[C@@H]([C@@H](CO)N(NC(=O)OCc2ccccc2)C(=O)OCc2ccccc2)[C@@H]([C@H](CO[Si](c2ccccc2)(c2ccccc2)C(C)(C)C)OS(C)(=O)=O)O1. The summed E-state index contributed by atoms with van der Waals surface area (Å²) in [6.45, 7) is 8.07. The smallest absolute Gasteiger partial charge is 0.429 e. The second kappa shape index (κ2) is 18.8. The first-order valence-corrected chi connectivity index (χ1v) is 22.3. The molecular weight excluding hydrogens is 769 g/mol. The monoisotopic (exact) mass is 820 g/mol. The fourth-order valence-corrected chi connectivity index (χ4v) is 12.2. The molecule has 4 aromatic rings. The number of nitrogens with zero attached hydrogens (tertiary/aromatic N) is 1. The number of benzene rings is 4. The van der Waals surface area contributed by atoms with Gasteiger partial charge in [0.2, 0.25) is 0 Å². The third-order valence-corrected chi connectivity index (χ3v) is 15.0. The second-order valence-corrected chi connectivity index (χ2v) is 21.1. The number of ether oxygens (including phenoxy) is 4. The number of nitrogens with one attached hydrogen (secondary N) is 1. The summed E-state index contributed by atoms with van der Waals surface area (Å²) in [7, 11) is -7.42. The van der Waals surface area contributed by atoms with Gasteiger partial charge >= 0.3 is 12.2 Å². The normalized spacial score (nSPS) is 17.9. The van der Waals surface area contributed by atoms with E-state index in [4.69, 9.17) is 27.6 Å². The number of hydrogen-bond donors (Lipinski definition) is 2. The van der Waals surface area contributed by atoms with Crippen molar-refractivity contribution in [3.05, 3.63) is 132 Å². The highest BCUT2D eigenvalue weighted by Crippen LogP contribution is 2.39. The number of hydrogen-bond acceptors (Lipinski definition) is 11. The Morgan fingerprint density at radius 3 is 1.70 bits per heavy atom. The number of carbonyl (C=O) groups excluding carboxylic acids is 2. The average Bonchev–Trinajstić information content (AvgIpc) is 3.51. The van der Waals surface area contributed by atoms with Crippen molar-refractivity contribution in [3.63, 3.8) is 0 Å². The first-order chi connectivity index (χ1) is 27.0. The van der Waals surface area contributed by atoms with E-state index in [0.717, 1.165) is 21.6 Å². The highest BCUT2D eigenvalue weighted by Gasteiger charge is 2.55. The fourth-order valence-electron chi connectivity index (χ4n) is 7.01. The van der Waals surface area contributed by atoms with Gasteiger partial charge in [0.1, 0.15) is 37.6 Å². The summed E-state index contributed by atoms with van der Waals surface area (Å²) in [6, 6.07) is 36.0. The molecule has 0 spiro atoms. The lowest BCUT2D eigenvalue weighted by Gasteiger charge is -2.44. The Kier molecular flexibility index (Phi) is 14.3. The van der Waals surface area contributed by atoms with Crippen LogP contribution in [0.5, 0.6) is 0 Å². The van der Waals surface area contributed by atoms with Gasteiger partial charge in [0.05, 0.1) is 19.5 Å². The minimum absolute atomic E-state index is 0.119. The van der Waals surface area contributed by atoms with Crippen LogP contribution in [-0.2, 0) is 50.9 Å². The van der Waals surface area contributed by atoms with Crippen LogP contribution in [0.4, 0.5) is 9.59 Å². The van der Waals surface area contributed by atoms with E-state index >= 15 is 0 Å². The van der Waals surface area contributed by atoms with E-state index in [-0.39, 0.29) is 19.8 Å². The van der Waals surface area contributed by atoms with Gasteiger partial charge in [0, 0.05) is 0 Å². The zero-order valence-electron chi connectivity index (χ0n) is 33.1. The summed E-state index contributed by atoms with van der Waals surface area (Å²) in [5.74, 6) is -1.38. The molecule has 0 saturated carbocycles. The molecule has 13 nitrogen and oxygen atoms in total. The van der Waals surface area contributed by atoms with Gasteiger partial charge in [-0.3, -0.25) is 4.18 Å². The molecule has 0 unspecified atom stereocenters. The van der Waals surface area contributed by atoms with E-state index < -0.39 is 72.4 Å². The number of aliphatic hydroxyl groups is 1. The average molecular weight is 821 g/mol. The minimum atomic E-state index is -4.17. The third-order valence-electron chi connectivity index (χ3n) is 9.43. The molecule has 1 aliphatic heterocycles. The van der Waals surface area contributed by atoms with E-state index in [1.54, 1.807) is 62.4 Å². The summed E-state index contributed by atoms with van der Waals surface area (Å²) >= 11 is 0. The van der Waals surface area contributed by atoms with Gasteiger partial charge in [-0.05, 0) is 40.4 Å². The van der Waals surface area contributed by atoms with Crippen LogP contribution < -0.4 is 15.8 Å². The minimum Gasteiger partial charge on any atom is -0.443 e. The van der Waals surface area contributed by atoms with E-state index in [2.05, 4.69) is 26.2 Å². The Labute approximate surface area is 336 Å². The molecule has 5 rings (SSSR count). The number of carbonyl (C=O) groups is 2. The predicted octanol–water partition coefficient (Wildman–Crippen LogP) is 5.27. The summed E-state index contributed by atoms with van der Waals surface area (Å²) in [5, 5.41) is 13.2. The summed E-state index contributed by atoms with van der Waals surface area (Å²) in [6.07, 6.45) is -5.11. The lowest BCUT2D eigenvalue weighted by atomic mass is 10.0. The first kappa shape index (κ1) is 43.5. The van der Waals surface area contributed by atoms with Crippen molar-refractivity contribution in [1.29, 1.82) is 0 Å². The maximum absolute atomic E-state index is 13.9. The molecule has 2 N–H and O–H groups in total. The van der Waals surface area contributed by atoms with Crippen LogP contribution >= 0.6 is 0 Å². The molecule has 4 atom stereocenters. The largest absolute Gasteiger partial charge is 0.443 e. The zero-order valence-corrected chi connectivity index (χ0v) is 34.9. The lowest BCUT2D eigenvalue weighted by Crippen LogP contribution is -2.67. The van der Waals surface area contributed by atoms with Crippen molar-refractivity contribution in [2.24, 2.45) is 0 Å². The maximum atomic E-state index is 13.9. The highest BCUT2D eigenvalue weighted by atomic mass is 32.2. The van der Waals surface area contributed by atoms with Crippen molar-refractivity contribution in [3.8, 4) is 0 Å². The first-order valence-electron chi connectivity index (χ1n) is 18.6. The van der Waals surface area contributed by atoms with Gasteiger partial charge in [-0.25, -0.2) is 20.0 Å². The maximum Gasteiger partial charge on any atom is 0.429 e. The fraction of sp³-hybridized carbons (Fsp3) is 0.381. The van der Waals surface area contributed by atoms with E-state index in [0.29, 0.717) is 11.1 Å². The molecule has 2 amide bonds. The molecule has 0 bridgehead atoms. The summed E-state index contributed by atoms with van der Waals surface area (Å²) in [5.41, 5.74) is 3.79. The number of amides is 2. The van der Waals surface area contributed by atoms with Crippen LogP contribution in [0.2, 0.25) is 5.04 Å². The Hall–Kier alpha value is -4.61. The molecule has 1 fully saturated rings.